The number of hydrogen-bond donors (Lipinski definition) is 0. The maximum Gasteiger partial charge on any atom is 0.410 e. The fraction of sp³-hybridized carbons (Fsp3) is 0.882. The molecule has 0 N–H and O–H groups in total. The molecule has 1 saturated heterocycles. The van der Waals surface area contributed by atoms with E-state index in [-0.39, 0.29) is 23.3 Å². The van der Waals surface area contributed by atoms with E-state index >= 15 is 0 Å². The molecule has 0 aromatic heterocycles. The van der Waals surface area contributed by atoms with Crippen molar-refractivity contribution in [2.45, 2.75) is 90.3 Å². The van der Waals surface area contributed by atoms with Crippen LogP contribution in [0.2, 0.25) is 18.1 Å². The van der Waals surface area contributed by atoms with E-state index in [0.717, 1.165) is 6.29 Å². The Morgan fingerprint density at radius 2 is 1.78 bits per heavy atom. The molecule has 1 rings (SSSR count). The summed E-state index contributed by atoms with van der Waals surface area (Å²) < 4.78 is 11.9. The van der Waals surface area contributed by atoms with Crippen molar-refractivity contribution in [3.8, 4) is 0 Å². The predicted molar refractivity (Wildman–Crippen MR) is 94.1 cm³/mol. The Kier molecular flexibility index (Phi) is 6.07. The molecule has 0 saturated carbocycles. The highest BCUT2D eigenvalue weighted by molar-refractivity contribution is 6.74. The number of amides is 1. The number of carbonyl (C=O) groups is 2. The zero-order valence-electron chi connectivity index (χ0n) is 15.9. The summed E-state index contributed by atoms with van der Waals surface area (Å²) in [5.74, 6) is 0. The molecule has 1 aliphatic heterocycles. The minimum absolute atomic E-state index is 0.0200. The molecule has 0 radical (unpaired) electrons. The normalized spacial score (nSPS) is 23.0. The number of rotatable bonds is 4. The van der Waals surface area contributed by atoms with E-state index in [1.807, 2.05) is 20.8 Å². The van der Waals surface area contributed by atoms with E-state index < -0.39 is 13.9 Å². The molecule has 0 aromatic rings. The highest BCUT2D eigenvalue weighted by Gasteiger charge is 2.44. The van der Waals surface area contributed by atoms with Gasteiger partial charge in [-0.05, 0) is 45.3 Å². The topological polar surface area (TPSA) is 55.8 Å². The molecule has 0 spiro atoms. The summed E-state index contributed by atoms with van der Waals surface area (Å²) in [6, 6.07) is -0.128. The van der Waals surface area contributed by atoms with E-state index in [1.54, 1.807) is 4.90 Å². The van der Waals surface area contributed by atoms with Gasteiger partial charge in [0, 0.05) is 19.0 Å². The summed E-state index contributed by atoms with van der Waals surface area (Å²) in [6.07, 6.45) is 1.52. The van der Waals surface area contributed by atoms with Crippen molar-refractivity contribution in [3.63, 3.8) is 0 Å². The number of ether oxygens (including phenoxy) is 1. The molecule has 1 amide bonds. The lowest BCUT2D eigenvalue weighted by Crippen LogP contribution is -2.45. The molecule has 1 heterocycles. The summed E-state index contributed by atoms with van der Waals surface area (Å²) in [6.45, 7) is 17.0. The van der Waals surface area contributed by atoms with Crippen molar-refractivity contribution in [2.24, 2.45) is 0 Å². The van der Waals surface area contributed by atoms with Crippen LogP contribution in [0.3, 0.4) is 0 Å². The largest absolute Gasteiger partial charge is 0.444 e. The lowest BCUT2D eigenvalue weighted by Gasteiger charge is -2.38. The highest BCUT2D eigenvalue weighted by Crippen LogP contribution is 2.39. The first-order valence-corrected chi connectivity index (χ1v) is 11.3. The molecule has 0 aliphatic carbocycles. The van der Waals surface area contributed by atoms with E-state index in [0.29, 0.717) is 19.4 Å². The molecule has 0 aromatic carbocycles. The molecule has 2 atom stereocenters. The monoisotopic (exact) mass is 343 g/mol. The van der Waals surface area contributed by atoms with Crippen LogP contribution in [0.1, 0.15) is 54.4 Å². The van der Waals surface area contributed by atoms with Gasteiger partial charge in [-0.3, -0.25) is 0 Å². The van der Waals surface area contributed by atoms with E-state index in [9.17, 15) is 9.59 Å². The first-order chi connectivity index (χ1) is 10.3. The summed E-state index contributed by atoms with van der Waals surface area (Å²) >= 11 is 0. The Bertz CT molecular complexity index is 437. The Hall–Kier alpha value is -0.883. The maximum absolute atomic E-state index is 12.4. The fourth-order valence-corrected chi connectivity index (χ4v) is 3.79. The number of nitrogens with zero attached hydrogens (tertiary/aromatic N) is 1. The molecule has 1 aliphatic rings. The molecule has 0 bridgehead atoms. The predicted octanol–water partition coefficient (Wildman–Crippen LogP) is 3.98. The molecular weight excluding hydrogens is 310 g/mol. The number of carbonyl (C=O) groups excluding carboxylic acids is 2. The van der Waals surface area contributed by atoms with Gasteiger partial charge < -0.3 is 18.9 Å². The van der Waals surface area contributed by atoms with Gasteiger partial charge in [-0.2, -0.15) is 0 Å². The van der Waals surface area contributed by atoms with Gasteiger partial charge in [0.2, 0.25) is 0 Å². The standard InChI is InChI=1S/C17H33NO4Si/c1-16(2,3)21-15(20)18-12-14(11-13(18)9-10-19)22-23(7,8)17(4,5)6/h10,13-14H,9,11-12H2,1-8H3/t13-,14+/m1/s1. The minimum Gasteiger partial charge on any atom is -0.444 e. The van der Waals surface area contributed by atoms with Crippen molar-refractivity contribution < 1.29 is 18.8 Å². The fourth-order valence-electron chi connectivity index (χ4n) is 2.43. The Labute approximate surface area is 141 Å². The van der Waals surface area contributed by atoms with Gasteiger partial charge in [0.25, 0.3) is 0 Å². The van der Waals surface area contributed by atoms with Crippen LogP contribution in [-0.2, 0) is 14.0 Å². The van der Waals surface area contributed by atoms with E-state index in [1.165, 1.54) is 0 Å². The molecule has 1 fully saturated rings. The van der Waals surface area contributed by atoms with Crippen molar-refractivity contribution in [1.82, 2.24) is 4.90 Å². The van der Waals surface area contributed by atoms with Crippen LogP contribution in [0.25, 0.3) is 0 Å². The maximum atomic E-state index is 12.4. The molecule has 23 heavy (non-hydrogen) atoms. The third-order valence-electron chi connectivity index (χ3n) is 4.64. The highest BCUT2D eigenvalue weighted by atomic mass is 28.4. The molecular formula is C17H33NO4Si. The van der Waals surface area contributed by atoms with Crippen LogP contribution in [0.5, 0.6) is 0 Å². The summed E-state index contributed by atoms with van der Waals surface area (Å²) in [5, 5.41) is 0.118. The zero-order valence-corrected chi connectivity index (χ0v) is 16.9. The third kappa shape index (κ3) is 5.60. The second-order valence-electron chi connectivity index (χ2n) is 8.92. The number of hydrogen-bond acceptors (Lipinski definition) is 4. The summed E-state index contributed by atoms with van der Waals surface area (Å²) in [5.41, 5.74) is -0.540. The number of aldehydes is 1. The zero-order chi connectivity index (χ0) is 18.1. The Morgan fingerprint density at radius 3 is 2.22 bits per heavy atom. The van der Waals surface area contributed by atoms with Crippen molar-refractivity contribution in [1.29, 1.82) is 0 Å². The minimum atomic E-state index is -1.90. The van der Waals surface area contributed by atoms with Gasteiger partial charge >= 0.3 is 6.09 Å². The third-order valence-corrected chi connectivity index (χ3v) is 9.17. The second kappa shape index (κ2) is 6.93. The van der Waals surface area contributed by atoms with Crippen molar-refractivity contribution >= 4 is 20.7 Å². The van der Waals surface area contributed by atoms with Gasteiger partial charge in [0.05, 0.1) is 6.10 Å². The van der Waals surface area contributed by atoms with Crippen LogP contribution in [0, 0.1) is 0 Å². The molecule has 134 valence electrons. The van der Waals surface area contributed by atoms with E-state index in [2.05, 4.69) is 33.9 Å². The van der Waals surface area contributed by atoms with Crippen LogP contribution >= 0.6 is 0 Å². The lowest BCUT2D eigenvalue weighted by molar-refractivity contribution is -0.108. The van der Waals surface area contributed by atoms with Gasteiger partial charge in [-0.1, -0.05) is 20.8 Å². The van der Waals surface area contributed by atoms with Crippen LogP contribution < -0.4 is 0 Å². The van der Waals surface area contributed by atoms with E-state index in [4.69, 9.17) is 9.16 Å². The SMILES string of the molecule is CC(C)(C)OC(=O)N1C[C@@H](O[Si](C)(C)C(C)(C)C)C[C@H]1CC=O. The molecule has 0 unspecified atom stereocenters. The van der Waals surface area contributed by atoms with Crippen LogP contribution in [0.4, 0.5) is 4.79 Å². The summed E-state index contributed by atoms with van der Waals surface area (Å²) in [4.78, 5) is 25.0. The van der Waals surface area contributed by atoms with Gasteiger partial charge in [0.15, 0.2) is 8.32 Å². The summed E-state index contributed by atoms with van der Waals surface area (Å²) in [7, 11) is -1.90. The number of likely N-dealkylation sites (tertiary alicyclic amines) is 1. The van der Waals surface area contributed by atoms with Gasteiger partial charge in [-0.25, -0.2) is 4.79 Å². The average molecular weight is 344 g/mol. The Balaban J connectivity index is 2.82. The smallest absolute Gasteiger partial charge is 0.410 e. The van der Waals surface area contributed by atoms with Crippen molar-refractivity contribution in [3.05, 3.63) is 0 Å². The second-order valence-corrected chi connectivity index (χ2v) is 13.7. The first kappa shape index (κ1) is 20.2. The van der Waals surface area contributed by atoms with Crippen LogP contribution in [-0.4, -0.2) is 49.9 Å². The van der Waals surface area contributed by atoms with Gasteiger partial charge in [-0.15, -0.1) is 0 Å². The van der Waals surface area contributed by atoms with Crippen molar-refractivity contribution in [2.75, 3.05) is 6.54 Å². The average Bonchev–Trinajstić information content (AvgIpc) is 2.68. The Morgan fingerprint density at radius 1 is 1.22 bits per heavy atom. The molecule has 6 heteroatoms. The first-order valence-electron chi connectivity index (χ1n) is 8.38. The van der Waals surface area contributed by atoms with Gasteiger partial charge in [0.1, 0.15) is 11.9 Å². The lowest BCUT2D eigenvalue weighted by atomic mass is 10.1. The molecule has 5 nitrogen and oxygen atoms in total. The quantitative estimate of drug-likeness (QED) is 0.572. The van der Waals surface area contributed by atoms with Crippen LogP contribution in [0.15, 0.2) is 0 Å².